The predicted molar refractivity (Wildman–Crippen MR) is 136 cm³/mol. The van der Waals surface area contributed by atoms with Crippen molar-refractivity contribution in [1.29, 1.82) is 0 Å². The van der Waals surface area contributed by atoms with Crippen molar-refractivity contribution < 1.29 is 46.6 Å². The number of ketones is 1. The van der Waals surface area contributed by atoms with Crippen molar-refractivity contribution in [2.45, 2.75) is 19.0 Å². The molecule has 9 nitrogen and oxygen atoms in total. The highest BCUT2D eigenvalue weighted by Gasteiger charge is 2.43. The lowest BCUT2D eigenvalue weighted by Gasteiger charge is -2.14. The van der Waals surface area contributed by atoms with E-state index in [0.717, 1.165) is 19.0 Å². The highest BCUT2D eigenvalue weighted by atomic mass is 19.4. The van der Waals surface area contributed by atoms with Crippen LogP contribution < -0.4 is 9.47 Å². The summed E-state index contributed by atoms with van der Waals surface area (Å²) in [5.74, 6) is -4.76. The molecule has 1 aliphatic rings. The second-order valence-electron chi connectivity index (χ2n) is 8.77. The Morgan fingerprint density at radius 1 is 0.950 bits per heavy atom. The normalized spacial score (nSPS) is 13.5. The number of pyridine rings is 1. The molecule has 1 saturated heterocycles. The van der Waals surface area contributed by atoms with E-state index >= 15 is 0 Å². The molecule has 12 heteroatoms. The minimum atomic E-state index is -5.39. The number of benzene rings is 2. The second kappa shape index (κ2) is 11.6. The Balaban J connectivity index is 1.74. The fraction of sp³-hybridized carbons (Fsp3) is 0.250. The predicted octanol–water partition coefficient (Wildman–Crippen LogP) is 4.36. The molecular weight excluding hydrogens is 533 g/mol. The van der Waals surface area contributed by atoms with Crippen molar-refractivity contribution >= 4 is 40.5 Å². The molecule has 0 saturated carbocycles. The van der Waals surface area contributed by atoms with Crippen LogP contribution in [0.5, 0.6) is 11.5 Å². The zero-order valence-corrected chi connectivity index (χ0v) is 21.4. The zero-order valence-electron chi connectivity index (χ0n) is 21.4. The first kappa shape index (κ1) is 28.3. The number of fused-ring (bicyclic) bond motifs is 1. The van der Waals surface area contributed by atoms with Crippen LogP contribution in [0, 0.1) is 0 Å². The van der Waals surface area contributed by atoms with Gasteiger partial charge in [-0.25, -0.2) is 9.59 Å². The van der Waals surface area contributed by atoms with Gasteiger partial charge in [0.1, 0.15) is 5.69 Å². The fourth-order valence-corrected chi connectivity index (χ4v) is 4.24. The number of esters is 2. The molecule has 0 spiro atoms. The van der Waals surface area contributed by atoms with E-state index in [1.54, 1.807) is 29.2 Å². The molecule has 0 radical (unpaired) electrons. The van der Waals surface area contributed by atoms with Crippen LogP contribution >= 0.6 is 0 Å². The molecule has 0 unspecified atom stereocenters. The molecule has 0 aliphatic carbocycles. The zero-order chi connectivity index (χ0) is 29.0. The number of hydrogen-bond donors (Lipinski definition) is 0. The van der Waals surface area contributed by atoms with Gasteiger partial charge in [-0.1, -0.05) is 18.2 Å². The number of alkyl halides is 3. The van der Waals surface area contributed by atoms with E-state index in [0.29, 0.717) is 18.7 Å². The molecule has 208 valence electrons. The number of likely N-dealkylation sites (tertiary alicyclic amines) is 1. The van der Waals surface area contributed by atoms with Crippen molar-refractivity contribution in [1.82, 2.24) is 9.88 Å². The van der Waals surface area contributed by atoms with Crippen LogP contribution in [0.15, 0.2) is 48.7 Å². The van der Waals surface area contributed by atoms with Crippen LogP contribution in [-0.4, -0.2) is 67.0 Å². The molecule has 0 atom stereocenters. The number of nitrogens with zero attached hydrogens (tertiary/aromatic N) is 2. The van der Waals surface area contributed by atoms with Crippen molar-refractivity contribution in [2.24, 2.45) is 0 Å². The van der Waals surface area contributed by atoms with Gasteiger partial charge in [0.2, 0.25) is 11.7 Å². The van der Waals surface area contributed by atoms with E-state index in [1.807, 2.05) is 0 Å². The lowest BCUT2D eigenvalue weighted by Crippen LogP contribution is -2.28. The number of methoxy groups -OCH3 is 2. The lowest BCUT2D eigenvalue weighted by atomic mass is 9.98. The Morgan fingerprint density at radius 3 is 2.23 bits per heavy atom. The second-order valence-corrected chi connectivity index (χ2v) is 8.77. The maximum Gasteiger partial charge on any atom is 0.491 e. The Hall–Kier alpha value is -4.74. The average molecular weight is 556 g/mol. The van der Waals surface area contributed by atoms with E-state index in [4.69, 9.17) is 9.47 Å². The van der Waals surface area contributed by atoms with E-state index < -0.39 is 29.5 Å². The topological polar surface area (TPSA) is 112 Å². The van der Waals surface area contributed by atoms with Crippen LogP contribution in [-0.2, 0) is 14.3 Å². The summed E-state index contributed by atoms with van der Waals surface area (Å²) in [5.41, 5.74) is 0.126. The third kappa shape index (κ3) is 5.95. The van der Waals surface area contributed by atoms with Gasteiger partial charge in [0.25, 0.3) is 0 Å². The number of ether oxygens (including phenoxy) is 3. The SMILES string of the molecule is COc1cc2c(C(=O)OC(=O)C(F)(F)F)cnc(C(=O)c3cccc(C=CC(=O)N4CCCC4)c3)c2cc1OC. The quantitative estimate of drug-likeness (QED) is 0.183. The Bertz CT molecular complexity index is 1530. The number of amides is 1. The van der Waals surface area contributed by atoms with E-state index in [1.165, 1.54) is 38.5 Å². The van der Waals surface area contributed by atoms with E-state index in [9.17, 15) is 32.3 Å². The Morgan fingerprint density at radius 2 is 1.60 bits per heavy atom. The molecular formula is C28H23F3N2O7. The molecule has 4 rings (SSSR count). The maximum absolute atomic E-state index is 13.6. The molecule has 1 aliphatic heterocycles. The number of rotatable bonds is 7. The smallest absolute Gasteiger partial charge is 0.491 e. The summed E-state index contributed by atoms with van der Waals surface area (Å²) in [6.07, 6.45) is 0.392. The summed E-state index contributed by atoms with van der Waals surface area (Å²) in [5, 5.41) is -0.00931. The molecule has 3 aromatic rings. The number of halogens is 3. The first-order valence-corrected chi connectivity index (χ1v) is 12.0. The van der Waals surface area contributed by atoms with Crippen LogP contribution in [0.3, 0.4) is 0 Å². The van der Waals surface area contributed by atoms with Crippen molar-refractivity contribution in [3.05, 3.63) is 71.1 Å². The summed E-state index contributed by atoms with van der Waals surface area (Å²) in [6, 6.07) is 9.02. The van der Waals surface area contributed by atoms with Crippen LogP contribution in [0.25, 0.3) is 16.8 Å². The van der Waals surface area contributed by atoms with Crippen molar-refractivity contribution in [3.8, 4) is 11.5 Å². The van der Waals surface area contributed by atoms with Gasteiger partial charge in [0.05, 0.1) is 19.8 Å². The van der Waals surface area contributed by atoms with Gasteiger partial charge in [-0.3, -0.25) is 14.6 Å². The Kier molecular flexibility index (Phi) is 8.17. The molecule has 40 heavy (non-hydrogen) atoms. The van der Waals surface area contributed by atoms with Gasteiger partial charge in [-0.05, 0) is 42.7 Å². The number of hydrogen-bond acceptors (Lipinski definition) is 8. The minimum absolute atomic E-state index is 0.0433. The highest BCUT2D eigenvalue weighted by molar-refractivity contribution is 6.18. The first-order valence-electron chi connectivity index (χ1n) is 12.0. The summed E-state index contributed by atoms with van der Waals surface area (Å²) in [7, 11) is 2.63. The van der Waals surface area contributed by atoms with Gasteiger partial charge >= 0.3 is 18.1 Å². The molecule has 1 fully saturated rings. The third-order valence-corrected chi connectivity index (χ3v) is 6.23. The highest BCUT2D eigenvalue weighted by Crippen LogP contribution is 2.36. The van der Waals surface area contributed by atoms with Crippen LogP contribution in [0.4, 0.5) is 13.2 Å². The fourth-order valence-electron chi connectivity index (χ4n) is 4.24. The molecule has 1 amide bonds. The average Bonchev–Trinajstić information content (AvgIpc) is 3.49. The van der Waals surface area contributed by atoms with Gasteiger partial charge in [-0.15, -0.1) is 0 Å². The minimum Gasteiger partial charge on any atom is -0.493 e. The molecule has 2 aromatic carbocycles. The molecule has 0 bridgehead atoms. The summed E-state index contributed by atoms with van der Waals surface area (Å²) in [4.78, 5) is 55.4. The lowest BCUT2D eigenvalue weighted by molar-refractivity contribution is -0.193. The van der Waals surface area contributed by atoms with Gasteiger partial charge in [0.15, 0.2) is 11.5 Å². The van der Waals surface area contributed by atoms with Gasteiger partial charge in [0, 0.05) is 41.7 Å². The summed E-state index contributed by atoms with van der Waals surface area (Å²) in [6.45, 7) is 1.39. The van der Waals surface area contributed by atoms with Crippen LogP contribution in [0.2, 0.25) is 0 Å². The molecule has 1 aromatic heterocycles. The Labute approximate surface area is 226 Å². The first-order chi connectivity index (χ1) is 19.0. The number of carbonyl (C=O) groups is 4. The molecule has 0 N–H and O–H groups in total. The van der Waals surface area contributed by atoms with E-state index in [-0.39, 0.29) is 39.4 Å². The number of carbonyl (C=O) groups excluding carboxylic acids is 4. The molecule has 2 heterocycles. The largest absolute Gasteiger partial charge is 0.493 e. The van der Waals surface area contributed by atoms with Crippen molar-refractivity contribution in [3.63, 3.8) is 0 Å². The number of aromatic nitrogens is 1. The monoisotopic (exact) mass is 556 g/mol. The maximum atomic E-state index is 13.6. The van der Waals surface area contributed by atoms with Crippen LogP contribution in [0.1, 0.15) is 44.8 Å². The van der Waals surface area contributed by atoms with Crippen molar-refractivity contribution in [2.75, 3.05) is 27.3 Å². The third-order valence-electron chi connectivity index (χ3n) is 6.23. The summed E-state index contributed by atoms with van der Waals surface area (Å²) < 4.78 is 52.5. The van der Waals surface area contributed by atoms with Gasteiger partial charge in [-0.2, -0.15) is 13.2 Å². The summed E-state index contributed by atoms with van der Waals surface area (Å²) >= 11 is 0. The standard InChI is InChI=1S/C28H23F3N2O7/c1-38-21-13-18-19(14-22(21)39-2)24(32-15-20(18)26(36)40-27(37)28(29,30)31)25(35)17-7-5-6-16(12-17)8-9-23(34)33-10-3-4-11-33/h5-9,12-15H,3-4,10-11H2,1-2H3. The van der Waals surface area contributed by atoms with Gasteiger partial charge < -0.3 is 19.1 Å². The van der Waals surface area contributed by atoms with E-state index in [2.05, 4.69) is 9.72 Å².